The van der Waals surface area contributed by atoms with Crippen LogP contribution in [0.25, 0.3) is 11.4 Å². The van der Waals surface area contributed by atoms with Gasteiger partial charge in [0.1, 0.15) is 49.4 Å². The van der Waals surface area contributed by atoms with E-state index in [4.69, 9.17) is 50.7 Å². The first-order valence-corrected chi connectivity index (χ1v) is 22.3. The van der Waals surface area contributed by atoms with Gasteiger partial charge in [0.2, 0.25) is 11.2 Å². The van der Waals surface area contributed by atoms with Crippen molar-refractivity contribution in [2.75, 3.05) is 75.6 Å². The average molecular weight is 954 g/mol. The number of anilines is 5. The third-order valence-corrected chi connectivity index (χ3v) is 11.2. The Balaban J connectivity index is 0.000000155. The fraction of sp³-hybridized carbons (Fsp3) is 0.240. The second kappa shape index (κ2) is 22.0. The lowest BCUT2D eigenvalue weighted by Gasteiger charge is -2.34. The fourth-order valence-electron chi connectivity index (χ4n) is 7.26. The van der Waals surface area contributed by atoms with Crippen molar-refractivity contribution in [3.05, 3.63) is 151 Å². The number of nitrogen functional groups attached to an aromatic ring is 1. The van der Waals surface area contributed by atoms with E-state index < -0.39 is 0 Å². The summed E-state index contributed by atoms with van der Waals surface area (Å²) in [5.41, 5.74) is 10.9. The maximum Gasteiger partial charge on any atom is 0.229 e. The van der Waals surface area contributed by atoms with Gasteiger partial charge in [0.05, 0.1) is 74.1 Å². The van der Waals surface area contributed by atoms with Gasteiger partial charge in [0.15, 0.2) is 23.1 Å². The molecule has 10 rings (SSSR count). The lowest BCUT2D eigenvalue weighted by atomic mass is 10.2. The fourth-order valence-corrected chi connectivity index (χ4v) is 7.39. The monoisotopic (exact) mass is 952 g/mol. The lowest BCUT2D eigenvalue weighted by molar-refractivity contribution is 0.201. The Labute approximate surface area is 405 Å². The lowest BCUT2D eigenvalue weighted by Crippen LogP contribution is -2.45. The molecule has 0 unspecified atom stereocenters. The number of methoxy groups -OCH3 is 2. The minimum absolute atomic E-state index is 0.0217. The molecular formula is C50H53ClN12O6. The molecule has 18 nitrogen and oxygen atoms in total. The third-order valence-electron chi connectivity index (χ3n) is 11.1. The Morgan fingerprint density at radius 1 is 0.652 bits per heavy atom. The highest BCUT2D eigenvalue weighted by molar-refractivity contribution is 6.28. The number of fused-ring (bicyclic) bond motifs is 2. The highest BCUT2D eigenvalue weighted by Gasteiger charge is 2.29. The number of nitrogens with one attached hydrogen (secondary N) is 1. The maximum absolute atomic E-state index is 5.93. The highest BCUT2D eigenvalue weighted by Crippen LogP contribution is 2.34. The van der Waals surface area contributed by atoms with E-state index in [0.717, 1.165) is 45.7 Å². The summed E-state index contributed by atoms with van der Waals surface area (Å²) < 4.78 is 37.9. The molecule has 0 spiro atoms. The molecule has 69 heavy (non-hydrogen) atoms. The van der Waals surface area contributed by atoms with Gasteiger partial charge in [-0.1, -0.05) is 36.4 Å². The van der Waals surface area contributed by atoms with Crippen molar-refractivity contribution < 1.29 is 28.4 Å². The van der Waals surface area contributed by atoms with Crippen molar-refractivity contribution >= 4 is 40.6 Å². The van der Waals surface area contributed by atoms with Gasteiger partial charge in [-0.25, -0.2) is 19.9 Å². The standard InChI is InChI=1S/C25H26N6O3.C14H14ClN3O2.C11H13N3O/c1-17-13-31(16-27-17)21-10-9-18(11-22(21)32-3)28-25-26-12-23-24(29-25)30(2)19(15-34-23)14-33-20-7-5-4-6-8-20;1-18-10(8-19-11-5-3-2-4-6-11)9-20-12-7-16-14(15)17-13(12)18;1-8-6-14(7-13-8)10-4-3-9(12)5-11(10)15-2/h4-13,16,19H,14-15H2,1-3H3,(H,26,28,29);2-7,10H,8-9H2,1H3;3-7H,12H2,1-2H3/t19-;10-;/m11./s1. The predicted molar refractivity (Wildman–Crippen MR) is 266 cm³/mol. The van der Waals surface area contributed by atoms with Crippen molar-refractivity contribution in [3.63, 3.8) is 0 Å². The number of nitrogens with two attached hydrogens (primary N) is 1. The van der Waals surface area contributed by atoms with Crippen LogP contribution in [0.15, 0.2) is 135 Å². The molecule has 0 amide bonds. The number of rotatable bonds is 12. The number of likely N-dealkylation sites (N-methyl/N-ethyl adjacent to an activating group) is 2. The van der Waals surface area contributed by atoms with E-state index in [2.05, 4.69) is 35.1 Å². The highest BCUT2D eigenvalue weighted by atomic mass is 35.5. The molecular weight excluding hydrogens is 900 g/mol. The van der Waals surface area contributed by atoms with E-state index in [1.54, 1.807) is 45.3 Å². The summed E-state index contributed by atoms with van der Waals surface area (Å²) in [4.78, 5) is 29.8. The molecule has 0 aliphatic carbocycles. The first kappa shape index (κ1) is 47.3. The molecule has 4 aromatic carbocycles. The Morgan fingerprint density at radius 2 is 1.16 bits per heavy atom. The number of hydrogen-bond acceptors (Lipinski definition) is 16. The first-order valence-electron chi connectivity index (χ1n) is 21.9. The molecule has 8 aromatic rings. The van der Waals surface area contributed by atoms with Gasteiger partial charge >= 0.3 is 0 Å². The SMILES string of the molecule is CN1c2nc(Cl)ncc2OC[C@H]1COc1ccccc1.COc1cc(N)ccc1-n1cnc(C)c1.COc1cc(Nc2ncc3c(n2)N(C)[C@H](COc2ccccc2)CO3)ccc1-n1cnc(C)c1. The van der Waals surface area contributed by atoms with Gasteiger partial charge < -0.3 is 58.4 Å². The Kier molecular flexibility index (Phi) is 15.1. The molecule has 0 radical (unpaired) electrons. The van der Waals surface area contributed by atoms with Gasteiger partial charge in [0, 0.05) is 50.0 Å². The molecule has 2 aliphatic rings. The normalized spacial score (nSPS) is 14.5. The number of aryl methyl sites for hydroxylation is 2. The van der Waals surface area contributed by atoms with Crippen LogP contribution in [0.4, 0.5) is 29.0 Å². The van der Waals surface area contributed by atoms with Crippen LogP contribution in [-0.2, 0) is 0 Å². The maximum atomic E-state index is 5.93. The van der Waals surface area contributed by atoms with Gasteiger partial charge in [-0.15, -0.1) is 0 Å². The summed E-state index contributed by atoms with van der Waals surface area (Å²) in [5, 5.41) is 3.48. The van der Waals surface area contributed by atoms with Crippen LogP contribution >= 0.6 is 11.6 Å². The molecule has 2 aliphatic heterocycles. The quantitative estimate of drug-likeness (QED) is 0.0881. The summed E-state index contributed by atoms with van der Waals surface area (Å²) in [7, 11) is 7.21. The Hall–Kier alpha value is -8.25. The topological polar surface area (TPSA) is 187 Å². The van der Waals surface area contributed by atoms with E-state index in [0.29, 0.717) is 66.9 Å². The van der Waals surface area contributed by atoms with Gasteiger partial charge in [-0.3, -0.25) is 0 Å². The van der Waals surface area contributed by atoms with Crippen molar-refractivity contribution in [2.45, 2.75) is 25.9 Å². The van der Waals surface area contributed by atoms with Gasteiger partial charge in [0.25, 0.3) is 0 Å². The Morgan fingerprint density at radius 3 is 1.68 bits per heavy atom. The molecule has 6 heterocycles. The van der Waals surface area contributed by atoms with Crippen molar-refractivity contribution in [1.82, 2.24) is 39.0 Å². The number of benzene rings is 4. The van der Waals surface area contributed by atoms with Crippen LogP contribution in [0, 0.1) is 13.8 Å². The molecule has 0 saturated heterocycles. The second-order valence-corrected chi connectivity index (χ2v) is 16.2. The summed E-state index contributed by atoms with van der Waals surface area (Å²) in [5.74, 6) is 6.28. The van der Waals surface area contributed by atoms with E-state index >= 15 is 0 Å². The zero-order valence-corrected chi connectivity index (χ0v) is 39.8. The van der Waals surface area contributed by atoms with Crippen LogP contribution in [0.1, 0.15) is 11.4 Å². The third kappa shape index (κ3) is 11.8. The molecule has 356 valence electrons. The van der Waals surface area contributed by atoms with Crippen LogP contribution < -0.4 is 49.3 Å². The summed E-state index contributed by atoms with van der Waals surface area (Å²) in [6.07, 6.45) is 10.7. The molecule has 0 fully saturated rings. The molecule has 2 atom stereocenters. The number of ether oxygens (including phenoxy) is 6. The van der Waals surface area contributed by atoms with Gasteiger partial charge in [-0.2, -0.15) is 9.97 Å². The zero-order chi connectivity index (χ0) is 48.3. The van der Waals surface area contributed by atoms with Crippen molar-refractivity contribution in [1.29, 1.82) is 0 Å². The predicted octanol–water partition coefficient (Wildman–Crippen LogP) is 8.18. The first-order chi connectivity index (χ1) is 33.5. The minimum atomic E-state index is 0.0217. The van der Waals surface area contributed by atoms with E-state index in [1.165, 1.54) is 0 Å². The van der Waals surface area contributed by atoms with E-state index in [9.17, 15) is 0 Å². The van der Waals surface area contributed by atoms with Crippen molar-refractivity contribution in [3.8, 4) is 45.9 Å². The molecule has 0 bridgehead atoms. The average Bonchev–Trinajstić information content (AvgIpc) is 4.02. The van der Waals surface area contributed by atoms with E-state index in [-0.39, 0.29) is 17.4 Å². The number of nitrogens with zero attached hydrogens (tertiary/aromatic N) is 10. The minimum Gasteiger partial charge on any atom is -0.494 e. The second-order valence-electron chi connectivity index (χ2n) is 15.9. The van der Waals surface area contributed by atoms with Crippen LogP contribution in [0.2, 0.25) is 5.28 Å². The largest absolute Gasteiger partial charge is 0.494 e. The summed E-state index contributed by atoms with van der Waals surface area (Å²) >= 11 is 5.83. The van der Waals surface area contributed by atoms with Crippen LogP contribution in [-0.4, -0.2) is 106 Å². The number of aromatic nitrogens is 8. The molecule has 0 saturated carbocycles. The number of para-hydroxylation sites is 2. The number of imidazole rings is 2. The van der Waals surface area contributed by atoms with Crippen LogP contribution in [0.5, 0.6) is 34.5 Å². The van der Waals surface area contributed by atoms with Gasteiger partial charge in [-0.05, 0) is 74.0 Å². The number of halogens is 1. The van der Waals surface area contributed by atoms with E-state index in [1.807, 2.05) is 145 Å². The smallest absolute Gasteiger partial charge is 0.229 e. The van der Waals surface area contributed by atoms with Crippen molar-refractivity contribution in [2.24, 2.45) is 0 Å². The molecule has 3 N–H and O–H groups in total. The zero-order valence-electron chi connectivity index (χ0n) is 39.1. The summed E-state index contributed by atoms with van der Waals surface area (Å²) in [6, 6.07) is 30.9. The number of hydrogen-bond donors (Lipinski definition) is 2. The molecule has 19 heteroatoms. The van der Waals surface area contributed by atoms with Crippen LogP contribution in [0.3, 0.4) is 0 Å². The molecule has 4 aromatic heterocycles. The Bertz CT molecular complexity index is 2940. The summed E-state index contributed by atoms with van der Waals surface area (Å²) in [6.45, 7) is 5.92.